The van der Waals surface area contributed by atoms with Gasteiger partial charge in [-0.15, -0.1) is 0 Å². The molecular weight excluding hydrogens is 318 g/mol. The number of benzene rings is 2. The summed E-state index contributed by atoms with van der Waals surface area (Å²) in [5, 5.41) is 0. The molecule has 2 rings (SSSR count). The van der Waals surface area contributed by atoms with Crippen LogP contribution < -0.4 is 4.74 Å². The maximum absolute atomic E-state index is 13.8. The van der Waals surface area contributed by atoms with Gasteiger partial charge in [0.25, 0.3) is 0 Å². The van der Waals surface area contributed by atoms with E-state index in [4.69, 9.17) is 13.8 Å². The first kappa shape index (κ1) is 17.4. The minimum Gasteiger partial charge on any atom is -0.454 e. The predicted octanol–water partition coefficient (Wildman–Crippen LogP) is 5.12. The van der Waals surface area contributed by atoms with Gasteiger partial charge < -0.3 is 13.8 Å². The number of rotatable bonds is 7. The molecule has 0 unspecified atom stereocenters. The molecule has 2 aromatic carbocycles. The summed E-state index contributed by atoms with van der Waals surface area (Å²) in [6, 6.07) is 13.5. The van der Waals surface area contributed by atoms with Crippen LogP contribution in [0.1, 0.15) is 5.56 Å². The van der Waals surface area contributed by atoms with Crippen LogP contribution in [0, 0.1) is 5.82 Å². The molecule has 0 aliphatic rings. The number of halogens is 1. The van der Waals surface area contributed by atoms with Crippen molar-refractivity contribution in [2.24, 2.45) is 0 Å². The number of allylic oxidation sites excluding steroid dienone is 1. The van der Waals surface area contributed by atoms with Crippen molar-refractivity contribution in [2.45, 2.75) is 0 Å². The third-order valence-electron chi connectivity index (χ3n) is 3.12. The zero-order chi connectivity index (χ0) is 16.7. The molecule has 0 amide bonds. The molecule has 0 N–H and O–H groups in total. The van der Waals surface area contributed by atoms with Crippen LogP contribution in [0.15, 0.2) is 54.6 Å². The number of hydrogen-bond acceptors (Lipinski definition) is 4. The fourth-order valence-corrected chi connectivity index (χ4v) is 2.67. The van der Waals surface area contributed by atoms with Crippen LogP contribution in [0.25, 0.3) is 6.08 Å². The molecule has 23 heavy (non-hydrogen) atoms. The average Bonchev–Trinajstić information content (AvgIpc) is 2.58. The first-order chi connectivity index (χ1) is 11.1. The zero-order valence-electron chi connectivity index (χ0n) is 12.9. The highest BCUT2D eigenvalue weighted by molar-refractivity contribution is 7.54. The van der Waals surface area contributed by atoms with E-state index in [9.17, 15) is 8.96 Å². The molecule has 0 saturated heterocycles. The fourth-order valence-electron chi connectivity index (χ4n) is 1.86. The summed E-state index contributed by atoms with van der Waals surface area (Å²) in [6.07, 6.45) is 3.50. The molecule has 0 aliphatic carbocycles. The van der Waals surface area contributed by atoms with Crippen LogP contribution in [-0.4, -0.2) is 20.4 Å². The molecule has 0 fully saturated rings. The van der Waals surface area contributed by atoms with Gasteiger partial charge in [-0.3, -0.25) is 4.57 Å². The smallest absolute Gasteiger partial charge is 0.333 e. The number of para-hydroxylation sites is 1. The first-order valence-corrected chi connectivity index (χ1v) is 8.68. The summed E-state index contributed by atoms with van der Waals surface area (Å²) in [6.45, 7) is 0. The molecule has 0 bridgehead atoms. The van der Waals surface area contributed by atoms with Crippen LogP contribution in [0.4, 0.5) is 4.39 Å². The second-order valence-electron chi connectivity index (χ2n) is 4.67. The normalized spacial score (nSPS) is 11.8. The zero-order valence-corrected chi connectivity index (χ0v) is 13.8. The fraction of sp³-hybridized carbons (Fsp3) is 0.176. The lowest BCUT2D eigenvalue weighted by Crippen LogP contribution is -1.92. The van der Waals surface area contributed by atoms with Gasteiger partial charge in [-0.25, -0.2) is 4.39 Å². The van der Waals surface area contributed by atoms with Crippen LogP contribution in [0.3, 0.4) is 0 Å². The van der Waals surface area contributed by atoms with E-state index in [1.165, 1.54) is 20.3 Å². The van der Waals surface area contributed by atoms with E-state index in [1.54, 1.807) is 36.4 Å². The van der Waals surface area contributed by atoms with E-state index >= 15 is 0 Å². The molecule has 0 aliphatic heterocycles. The Hall–Kier alpha value is -1.94. The van der Waals surface area contributed by atoms with Gasteiger partial charge in [0.05, 0.1) is 6.16 Å². The second-order valence-corrected chi connectivity index (χ2v) is 6.98. The van der Waals surface area contributed by atoms with E-state index in [2.05, 4.69) is 0 Å². The first-order valence-electron chi connectivity index (χ1n) is 6.96. The van der Waals surface area contributed by atoms with E-state index in [-0.39, 0.29) is 11.9 Å². The summed E-state index contributed by atoms with van der Waals surface area (Å²) in [5.74, 6) is 0.223. The van der Waals surface area contributed by atoms with Crippen LogP contribution in [0.5, 0.6) is 11.5 Å². The van der Waals surface area contributed by atoms with Crippen LogP contribution in [-0.2, 0) is 13.6 Å². The third kappa shape index (κ3) is 5.03. The van der Waals surface area contributed by atoms with E-state index in [1.807, 2.05) is 18.2 Å². The van der Waals surface area contributed by atoms with Crippen molar-refractivity contribution < 1.29 is 22.7 Å². The lowest BCUT2D eigenvalue weighted by atomic mass is 10.2. The molecule has 2 aromatic rings. The summed E-state index contributed by atoms with van der Waals surface area (Å²) in [4.78, 5) is 0. The lowest BCUT2D eigenvalue weighted by molar-refractivity contribution is 0.279. The Labute approximate surface area is 135 Å². The molecule has 122 valence electrons. The minimum absolute atomic E-state index is 0.125. The molecule has 0 spiro atoms. The Morgan fingerprint density at radius 1 is 1.09 bits per heavy atom. The molecule has 0 saturated carbocycles. The summed E-state index contributed by atoms with van der Waals surface area (Å²) in [5.41, 5.74) is 0.719. The van der Waals surface area contributed by atoms with E-state index in [0.29, 0.717) is 5.75 Å². The Bertz CT molecular complexity index is 708. The molecule has 0 atom stereocenters. The van der Waals surface area contributed by atoms with Gasteiger partial charge in [0, 0.05) is 14.2 Å². The van der Waals surface area contributed by atoms with Crippen molar-refractivity contribution in [3.63, 3.8) is 0 Å². The molecule has 0 heterocycles. The van der Waals surface area contributed by atoms with Crippen molar-refractivity contribution in [3.05, 3.63) is 66.0 Å². The summed E-state index contributed by atoms with van der Waals surface area (Å²) < 4.78 is 41.0. The van der Waals surface area contributed by atoms with Gasteiger partial charge in [-0.05, 0) is 29.8 Å². The maximum Gasteiger partial charge on any atom is 0.333 e. The van der Waals surface area contributed by atoms with Crippen molar-refractivity contribution in [2.75, 3.05) is 20.4 Å². The molecule has 0 radical (unpaired) electrons. The Morgan fingerprint density at radius 3 is 2.43 bits per heavy atom. The van der Waals surface area contributed by atoms with Crippen molar-refractivity contribution in [1.82, 2.24) is 0 Å². The highest BCUT2D eigenvalue weighted by Gasteiger charge is 2.18. The Kier molecular flexibility index (Phi) is 6.11. The SMILES string of the molecule is COP(=O)(CC=Cc1ccc(F)c(Oc2ccccc2)c1)OC. The van der Waals surface area contributed by atoms with Gasteiger partial charge in [-0.1, -0.05) is 36.4 Å². The van der Waals surface area contributed by atoms with Crippen molar-refractivity contribution in [1.29, 1.82) is 0 Å². The van der Waals surface area contributed by atoms with Gasteiger partial charge in [0.15, 0.2) is 11.6 Å². The quantitative estimate of drug-likeness (QED) is 0.659. The van der Waals surface area contributed by atoms with Gasteiger partial charge in [0.1, 0.15) is 5.75 Å². The monoisotopic (exact) mass is 336 g/mol. The minimum atomic E-state index is -3.09. The van der Waals surface area contributed by atoms with E-state index < -0.39 is 13.4 Å². The van der Waals surface area contributed by atoms with E-state index in [0.717, 1.165) is 5.56 Å². The molecule has 0 aromatic heterocycles. The lowest BCUT2D eigenvalue weighted by Gasteiger charge is -2.10. The molecular formula is C17H18FO4P. The van der Waals surface area contributed by atoms with Gasteiger partial charge in [0.2, 0.25) is 0 Å². The Morgan fingerprint density at radius 2 is 1.78 bits per heavy atom. The van der Waals surface area contributed by atoms with Crippen molar-refractivity contribution in [3.8, 4) is 11.5 Å². The number of ether oxygens (including phenoxy) is 1. The summed E-state index contributed by atoms with van der Waals surface area (Å²) >= 11 is 0. The topological polar surface area (TPSA) is 44.8 Å². The van der Waals surface area contributed by atoms with Crippen LogP contribution in [0.2, 0.25) is 0 Å². The average molecular weight is 336 g/mol. The van der Waals surface area contributed by atoms with Gasteiger partial charge in [-0.2, -0.15) is 0 Å². The maximum atomic E-state index is 13.8. The second kappa shape index (κ2) is 8.06. The van der Waals surface area contributed by atoms with Crippen LogP contribution >= 0.6 is 7.60 Å². The van der Waals surface area contributed by atoms with Gasteiger partial charge >= 0.3 is 7.60 Å². The highest BCUT2D eigenvalue weighted by Crippen LogP contribution is 2.46. The predicted molar refractivity (Wildman–Crippen MR) is 88.4 cm³/mol. The largest absolute Gasteiger partial charge is 0.454 e. The summed E-state index contributed by atoms with van der Waals surface area (Å²) in [7, 11) is -0.416. The molecule has 6 heteroatoms. The Balaban J connectivity index is 2.12. The standard InChI is InChI=1S/C17H18FO4P/c1-20-23(19,21-2)12-6-7-14-10-11-16(18)17(13-14)22-15-8-4-3-5-9-15/h3-11,13H,12H2,1-2H3. The van der Waals surface area contributed by atoms with Crippen molar-refractivity contribution >= 4 is 13.7 Å². The number of hydrogen-bond donors (Lipinski definition) is 0. The third-order valence-corrected chi connectivity index (χ3v) is 4.89. The molecule has 4 nitrogen and oxygen atoms in total. The highest BCUT2D eigenvalue weighted by atomic mass is 31.2.